The van der Waals surface area contributed by atoms with Crippen LogP contribution >= 0.6 is 11.3 Å². The monoisotopic (exact) mass is 279 g/mol. The average Bonchev–Trinajstić information content (AvgIpc) is 3.15. The molecule has 1 unspecified atom stereocenters. The molecule has 19 heavy (non-hydrogen) atoms. The van der Waals surface area contributed by atoms with E-state index in [1.54, 1.807) is 11.3 Å². The van der Waals surface area contributed by atoms with Crippen LogP contribution in [0.1, 0.15) is 41.9 Å². The van der Waals surface area contributed by atoms with Gasteiger partial charge in [-0.25, -0.2) is 0 Å². The van der Waals surface area contributed by atoms with Gasteiger partial charge in [0, 0.05) is 31.6 Å². The molecule has 0 amide bonds. The molecule has 0 bridgehead atoms. The molecule has 2 aliphatic heterocycles. The topological polar surface area (TPSA) is 64.3 Å². The van der Waals surface area contributed by atoms with Gasteiger partial charge in [0.05, 0.1) is 0 Å². The van der Waals surface area contributed by atoms with Gasteiger partial charge in [-0.15, -0.1) is 10.2 Å². The predicted molar refractivity (Wildman–Crippen MR) is 71.7 cm³/mol. The maximum absolute atomic E-state index is 5.41. The van der Waals surface area contributed by atoms with Gasteiger partial charge in [0.25, 0.3) is 0 Å². The first-order valence-electron chi connectivity index (χ1n) is 6.92. The van der Waals surface area contributed by atoms with Crippen LogP contribution in [0.5, 0.6) is 0 Å². The van der Waals surface area contributed by atoms with Crippen molar-refractivity contribution >= 4 is 16.3 Å². The molecule has 1 N–H and O–H groups in total. The molecule has 4 heterocycles. The molecule has 7 heteroatoms. The highest BCUT2D eigenvalue weighted by atomic mass is 32.1. The largest absolute Gasteiger partial charge is 0.381 e. The summed E-state index contributed by atoms with van der Waals surface area (Å²) in [5.41, 5.74) is 0. The highest BCUT2D eigenvalue weighted by molar-refractivity contribution is 7.16. The van der Waals surface area contributed by atoms with Gasteiger partial charge in [0.15, 0.2) is 5.82 Å². The Bertz CT molecular complexity index is 568. The van der Waals surface area contributed by atoms with Gasteiger partial charge in [0.2, 0.25) is 4.96 Å². The Labute approximate surface area is 115 Å². The van der Waals surface area contributed by atoms with Crippen molar-refractivity contribution in [2.45, 2.75) is 31.1 Å². The second-order valence-electron chi connectivity index (χ2n) is 5.27. The van der Waals surface area contributed by atoms with Crippen LogP contribution in [-0.2, 0) is 4.74 Å². The standard InChI is InChI=1S/C12H17N5OS/c1-4-13-7-9(1)11-16-17-10(14-15-12(17)19-11)8-2-5-18-6-3-8/h8-9,13H,1-7H2. The average molecular weight is 279 g/mol. The fourth-order valence-electron chi connectivity index (χ4n) is 2.89. The van der Waals surface area contributed by atoms with Gasteiger partial charge >= 0.3 is 0 Å². The fraction of sp³-hybridized carbons (Fsp3) is 0.750. The summed E-state index contributed by atoms with van der Waals surface area (Å²) < 4.78 is 7.38. The molecule has 4 rings (SSSR count). The van der Waals surface area contributed by atoms with Crippen LogP contribution in [0.4, 0.5) is 0 Å². The molecular formula is C12H17N5OS. The summed E-state index contributed by atoms with van der Waals surface area (Å²) in [7, 11) is 0. The molecule has 102 valence electrons. The van der Waals surface area contributed by atoms with E-state index in [1.165, 1.54) is 11.4 Å². The number of nitrogens with one attached hydrogen (secondary N) is 1. The van der Waals surface area contributed by atoms with E-state index in [4.69, 9.17) is 9.84 Å². The highest BCUT2D eigenvalue weighted by Crippen LogP contribution is 2.30. The number of fused-ring (bicyclic) bond motifs is 1. The lowest BCUT2D eigenvalue weighted by Crippen LogP contribution is -2.17. The molecule has 0 aliphatic carbocycles. The summed E-state index contributed by atoms with van der Waals surface area (Å²) in [6.07, 6.45) is 3.23. The van der Waals surface area contributed by atoms with Crippen LogP contribution in [-0.4, -0.2) is 46.1 Å². The van der Waals surface area contributed by atoms with Crippen LogP contribution in [0, 0.1) is 0 Å². The normalized spacial score (nSPS) is 25.4. The highest BCUT2D eigenvalue weighted by Gasteiger charge is 2.26. The molecule has 0 saturated carbocycles. The summed E-state index contributed by atoms with van der Waals surface area (Å²) in [4.78, 5) is 0.934. The zero-order valence-corrected chi connectivity index (χ0v) is 11.5. The van der Waals surface area contributed by atoms with E-state index >= 15 is 0 Å². The molecule has 0 radical (unpaired) electrons. The Balaban J connectivity index is 1.67. The molecule has 2 aromatic heterocycles. The van der Waals surface area contributed by atoms with Crippen molar-refractivity contribution in [2.24, 2.45) is 0 Å². The number of hydrogen-bond acceptors (Lipinski definition) is 6. The number of nitrogens with zero attached hydrogens (tertiary/aromatic N) is 4. The molecular weight excluding hydrogens is 262 g/mol. The van der Waals surface area contributed by atoms with E-state index in [0.717, 1.165) is 49.9 Å². The Morgan fingerprint density at radius 2 is 2.05 bits per heavy atom. The summed E-state index contributed by atoms with van der Waals surface area (Å²) in [5, 5.41) is 18.0. The first kappa shape index (κ1) is 11.7. The van der Waals surface area contributed by atoms with Gasteiger partial charge < -0.3 is 10.1 Å². The van der Waals surface area contributed by atoms with Crippen LogP contribution in [0.3, 0.4) is 0 Å². The lowest BCUT2D eigenvalue weighted by atomic mass is 10.00. The molecule has 2 saturated heterocycles. The maximum Gasteiger partial charge on any atom is 0.234 e. The smallest absolute Gasteiger partial charge is 0.234 e. The molecule has 1 atom stereocenters. The van der Waals surface area contributed by atoms with Crippen molar-refractivity contribution < 1.29 is 4.74 Å². The number of hydrogen-bond donors (Lipinski definition) is 1. The molecule has 6 nitrogen and oxygen atoms in total. The minimum absolute atomic E-state index is 0.445. The van der Waals surface area contributed by atoms with E-state index in [-0.39, 0.29) is 0 Å². The number of rotatable bonds is 2. The molecule has 2 aliphatic rings. The van der Waals surface area contributed by atoms with E-state index < -0.39 is 0 Å². The molecule has 2 aromatic rings. The van der Waals surface area contributed by atoms with Gasteiger partial charge in [-0.05, 0) is 25.8 Å². The first-order chi connectivity index (χ1) is 9.42. The predicted octanol–water partition coefficient (Wildman–Crippen LogP) is 1.16. The molecule has 0 spiro atoms. The quantitative estimate of drug-likeness (QED) is 0.893. The fourth-order valence-corrected chi connectivity index (χ4v) is 3.87. The second-order valence-corrected chi connectivity index (χ2v) is 6.26. The van der Waals surface area contributed by atoms with Gasteiger partial charge in [0.1, 0.15) is 5.01 Å². The van der Waals surface area contributed by atoms with Gasteiger partial charge in [-0.1, -0.05) is 11.3 Å². The summed E-state index contributed by atoms with van der Waals surface area (Å²) in [5.74, 6) is 2.02. The van der Waals surface area contributed by atoms with Crippen molar-refractivity contribution in [1.29, 1.82) is 0 Å². The van der Waals surface area contributed by atoms with Crippen LogP contribution in [0.15, 0.2) is 0 Å². The van der Waals surface area contributed by atoms with Crippen molar-refractivity contribution in [3.8, 4) is 0 Å². The lowest BCUT2D eigenvalue weighted by Gasteiger charge is -2.19. The van der Waals surface area contributed by atoms with E-state index in [2.05, 4.69) is 15.5 Å². The third kappa shape index (κ3) is 2.05. The molecule has 0 aromatic carbocycles. The summed E-state index contributed by atoms with van der Waals surface area (Å²) in [6.45, 7) is 3.78. The van der Waals surface area contributed by atoms with E-state index in [0.29, 0.717) is 11.8 Å². The minimum Gasteiger partial charge on any atom is -0.381 e. The van der Waals surface area contributed by atoms with Crippen LogP contribution < -0.4 is 5.32 Å². The zero-order chi connectivity index (χ0) is 12.7. The molecule has 2 fully saturated rings. The maximum atomic E-state index is 5.41. The van der Waals surface area contributed by atoms with E-state index in [1.807, 2.05) is 4.52 Å². The van der Waals surface area contributed by atoms with E-state index in [9.17, 15) is 0 Å². The van der Waals surface area contributed by atoms with Gasteiger partial charge in [-0.3, -0.25) is 0 Å². The van der Waals surface area contributed by atoms with Gasteiger partial charge in [-0.2, -0.15) is 9.61 Å². The SMILES string of the molecule is C1CC(c2nn3c(C4CCOCC4)nnc3s2)CN1. The van der Waals surface area contributed by atoms with Crippen molar-refractivity contribution in [3.05, 3.63) is 10.8 Å². The Kier molecular flexibility index (Phi) is 2.97. The Hall–Kier alpha value is -1.05. The lowest BCUT2D eigenvalue weighted by molar-refractivity contribution is 0.0831. The van der Waals surface area contributed by atoms with Crippen molar-refractivity contribution in [1.82, 2.24) is 25.1 Å². The second kappa shape index (κ2) is 4.81. The van der Waals surface area contributed by atoms with Crippen LogP contribution in [0.2, 0.25) is 0 Å². The van der Waals surface area contributed by atoms with Crippen molar-refractivity contribution in [3.63, 3.8) is 0 Å². The number of aromatic nitrogens is 4. The minimum atomic E-state index is 0.445. The van der Waals surface area contributed by atoms with Crippen molar-refractivity contribution in [2.75, 3.05) is 26.3 Å². The third-order valence-electron chi connectivity index (χ3n) is 4.03. The summed E-state index contributed by atoms with van der Waals surface area (Å²) in [6, 6.07) is 0. The summed E-state index contributed by atoms with van der Waals surface area (Å²) >= 11 is 1.69. The number of ether oxygens (including phenoxy) is 1. The Morgan fingerprint density at radius 3 is 2.84 bits per heavy atom. The zero-order valence-electron chi connectivity index (χ0n) is 10.7. The van der Waals surface area contributed by atoms with Crippen LogP contribution in [0.25, 0.3) is 4.96 Å². The first-order valence-corrected chi connectivity index (χ1v) is 7.74. The third-order valence-corrected chi connectivity index (χ3v) is 5.09. The Morgan fingerprint density at radius 1 is 1.16 bits per heavy atom.